The van der Waals surface area contributed by atoms with E-state index in [4.69, 9.17) is 4.74 Å². The predicted molar refractivity (Wildman–Crippen MR) is 66.7 cm³/mol. The zero-order valence-electron chi connectivity index (χ0n) is 9.46. The second kappa shape index (κ2) is 8.30. The highest BCUT2D eigenvalue weighted by molar-refractivity contribution is 8.00. The zero-order valence-corrected chi connectivity index (χ0v) is 10.3. The number of carbonyl (C=O) groups is 1. The van der Waals surface area contributed by atoms with Crippen LogP contribution in [-0.2, 0) is 16.0 Å². The fourth-order valence-electron chi connectivity index (χ4n) is 1.16. The number of carbonyl (C=O) groups excluding carboxylic acids is 1. The van der Waals surface area contributed by atoms with Gasteiger partial charge >= 0.3 is 0 Å². The molecule has 1 aromatic rings. The van der Waals surface area contributed by atoms with Crippen molar-refractivity contribution in [3.05, 3.63) is 30.1 Å². The summed E-state index contributed by atoms with van der Waals surface area (Å²) in [6.45, 7) is 3.27. The van der Waals surface area contributed by atoms with Crippen LogP contribution in [0.3, 0.4) is 0 Å². The Labute approximate surface area is 101 Å². The molecule has 0 aliphatic rings. The van der Waals surface area contributed by atoms with Gasteiger partial charge in [-0.15, -0.1) is 11.8 Å². The third-order valence-electron chi connectivity index (χ3n) is 2.03. The Morgan fingerprint density at radius 3 is 3.06 bits per heavy atom. The van der Waals surface area contributed by atoms with Gasteiger partial charge in [-0.25, -0.2) is 0 Å². The van der Waals surface area contributed by atoms with Gasteiger partial charge in [-0.1, -0.05) is 6.07 Å². The lowest BCUT2D eigenvalue weighted by Gasteiger charge is -2.05. The molecular formula is C12H17NO2S. The molecule has 1 unspecified atom stereocenters. The van der Waals surface area contributed by atoms with Crippen molar-refractivity contribution in [3.8, 4) is 0 Å². The SMILES string of the molecule is CC(C=O)SCCOCCc1ccccn1. The molecule has 0 spiro atoms. The molecule has 0 saturated carbocycles. The highest BCUT2D eigenvalue weighted by Gasteiger charge is 1.99. The number of aromatic nitrogens is 1. The minimum absolute atomic E-state index is 0.0689. The molecule has 0 radical (unpaired) electrons. The van der Waals surface area contributed by atoms with Gasteiger partial charge in [0, 0.05) is 24.1 Å². The molecule has 88 valence electrons. The smallest absolute Gasteiger partial charge is 0.132 e. The summed E-state index contributed by atoms with van der Waals surface area (Å²) >= 11 is 1.61. The second-order valence-electron chi connectivity index (χ2n) is 3.40. The van der Waals surface area contributed by atoms with Crippen molar-refractivity contribution in [1.29, 1.82) is 0 Å². The maximum atomic E-state index is 10.3. The van der Waals surface area contributed by atoms with E-state index in [0.717, 1.165) is 24.2 Å². The van der Waals surface area contributed by atoms with Gasteiger partial charge in [-0.2, -0.15) is 0 Å². The minimum Gasteiger partial charge on any atom is -0.380 e. The molecule has 0 amide bonds. The standard InChI is InChI=1S/C12H17NO2S/c1-11(10-14)16-9-8-15-7-5-12-4-2-3-6-13-12/h2-4,6,10-11H,5,7-9H2,1H3. The highest BCUT2D eigenvalue weighted by atomic mass is 32.2. The fraction of sp³-hybridized carbons (Fsp3) is 0.500. The Kier molecular flexibility index (Phi) is 6.85. The lowest BCUT2D eigenvalue weighted by Crippen LogP contribution is -2.06. The van der Waals surface area contributed by atoms with Gasteiger partial charge in [0.2, 0.25) is 0 Å². The van der Waals surface area contributed by atoms with E-state index in [9.17, 15) is 4.79 Å². The monoisotopic (exact) mass is 239 g/mol. The molecule has 0 N–H and O–H groups in total. The van der Waals surface area contributed by atoms with Crippen LogP contribution in [0.4, 0.5) is 0 Å². The first kappa shape index (κ1) is 13.2. The summed E-state index contributed by atoms with van der Waals surface area (Å²) in [6.07, 6.45) is 3.59. The number of ether oxygens (including phenoxy) is 1. The van der Waals surface area contributed by atoms with E-state index in [1.54, 1.807) is 18.0 Å². The Morgan fingerprint density at radius 2 is 2.38 bits per heavy atom. The zero-order chi connectivity index (χ0) is 11.6. The van der Waals surface area contributed by atoms with Crippen LogP contribution in [0.25, 0.3) is 0 Å². The van der Waals surface area contributed by atoms with Crippen LogP contribution in [0.2, 0.25) is 0 Å². The van der Waals surface area contributed by atoms with Crippen LogP contribution in [-0.4, -0.2) is 35.5 Å². The third-order valence-corrected chi connectivity index (χ3v) is 3.07. The Bertz CT molecular complexity index is 292. The average molecular weight is 239 g/mol. The number of hydrogen-bond acceptors (Lipinski definition) is 4. The lowest BCUT2D eigenvalue weighted by atomic mass is 10.3. The van der Waals surface area contributed by atoms with E-state index in [1.165, 1.54) is 0 Å². The van der Waals surface area contributed by atoms with E-state index >= 15 is 0 Å². The predicted octanol–water partition coefficient (Wildman–Crippen LogP) is 1.96. The van der Waals surface area contributed by atoms with Gasteiger partial charge in [0.25, 0.3) is 0 Å². The summed E-state index contributed by atoms with van der Waals surface area (Å²) in [7, 11) is 0. The first-order valence-corrected chi connectivity index (χ1v) is 6.42. The number of rotatable bonds is 8. The van der Waals surface area contributed by atoms with Crippen LogP contribution in [0.5, 0.6) is 0 Å². The van der Waals surface area contributed by atoms with Gasteiger partial charge in [-0.3, -0.25) is 4.98 Å². The number of hydrogen-bond donors (Lipinski definition) is 0. The largest absolute Gasteiger partial charge is 0.380 e. The molecule has 0 fully saturated rings. The summed E-state index contributed by atoms with van der Waals surface area (Å²) in [6, 6.07) is 5.87. The van der Waals surface area contributed by atoms with Gasteiger partial charge in [0.1, 0.15) is 6.29 Å². The minimum atomic E-state index is 0.0689. The molecule has 0 bridgehead atoms. The van der Waals surface area contributed by atoms with Gasteiger partial charge in [0.15, 0.2) is 0 Å². The van der Waals surface area contributed by atoms with Crippen molar-refractivity contribution >= 4 is 18.0 Å². The van der Waals surface area contributed by atoms with Gasteiger partial charge in [0.05, 0.1) is 18.5 Å². The maximum Gasteiger partial charge on any atom is 0.132 e. The molecule has 3 nitrogen and oxygen atoms in total. The Balaban J connectivity index is 1.98. The molecule has 0 aliphatic carbocycles. The van der Waals surface area contributed by atoms with Crippen molar-refractivity contribution < 1.29 is 9.53 Å². The highest BCUT2D eigenvalue weighted by Crippen LogP contribution is 2.06. The van der Waals surface area contributed by atoms with Crippen LogP contribution in [0.15, 0.2) is 24.4 Å². The van der Waals surface area contributed by atoms with Crippen molar-refractivity contribution in [2.24, 2.45) is 0 Å². The topological polar surface area (TPSA) is 39.2 Å². The number of pyridine rings is 1. The van der Waals surface area contributed by atoms with E-state index in [1.807, 2.05) is 25.1 Å². The number of nitrogens with zero attached hydrogens (tertiary/aromatic N) is 1. The Hall–Kier alpha value is -0.870. The van der Waals surface area contributed by atoms with E-state index < -0.39 is 0 Å². The van der Waals surface area contributed by atoms with E-state index in [0.29, 0.717) is 13.2 Å². The molecule has 0 aliphatic heterocycles. The van der Waals surface area contributed by atoms with Crippen molar-refractivity contribution in [2.45, 2.75) is 18.6 Å². The van der Waals surface area contributed by atoms with Crippen LogP contribution < -0.4 is 0 Å². The average Bonchev–Trinajstić information content (AvgIpc) is 2.34. The van der Waals surface area contributed by atoms with Crippen LogP contribution >= 0.6 is 11.8 Å². The Morgan fingerprint density at radius 1 is 1.50 bits per heavy atom. The lowest BCUT2D eigenvalue weighted by molar-refractivity contribution is -0.107. The van der Waals surface area contributed by atoms with Crippen LogP contribution in [0, 0.1) is 0 Å². The van der Waals surface area contributed by atoms with Crippen molar-refractivity contribution in [1.82, 2.24) is 4.98 Å². The number of thioether (sulfide) groups is 1. The van der Waals surface area contributed by atoms with Gasteiger partial charge < -0.3 is 9.53 Å². The second-order valence-corrected chi connectivity index (χ2v) is 4.88. The summed E-state index contributed by atoms with van der Waals surface area (Å²) in [5.74, 6) is 0.863. The molecule has 0 aromatic carbocycles. The molecule has 1 rings (SSSR count). The third kappa shape index (κ3) is 5.88. The number of aldehydes is 1. The molecular weight excluding hydrogens is 222 g/mol. The summed E-state index contributed by atoms with van der Waals surface area (Å²) < 4.78 is 5.46. The molecule has 0 saturated heterocycles. The first-order valence-electron chi connectivity index (χ1n) is 5.37. The summed E-state index contributed by atoms with van der Waals surface area (Å²) in [5, 5.41) is 0.0689. The molecule has 4 heteroatoms. The van der Waals surface area contributed by atoms with Gasteiger partial charge in [-0.05, 0) is 19.1 Å². The molecule has 1 atom stereocenters. The maximum absolute atomic E-state index is 10.3. The molecule has 1 heterocycles. The molecule has 16 heavy (non-hydrogen) atoms. The summed E-state index contributed by atoms with van der Waals surface area (Å²) in [4.78, 5) is 14.5. The normalized spacial score (nSPS) is 12.3. The van der Waals surface area contributed by atoms with Crippen molar-refractivity contribution in [3.63, 3.8) is 0 Å². The first-order chi connectivity index (χ1) is 7.83. The fourth-order valence-corrected chi connectivity index (χ4v) is 1.82. The van der Waals surface area contributed by atoms with Crippen molar-refractivity contribution in [2.75, 3.05) is 19.0 Å². The quantitative estimate of drug-likeness (QED) is 0.513. The van der Waals surface area contributed by atoms with E-state index in [2.05, 4.69) is 4.98 Å². The van der Waals surface area contributed by atoms with E-state index in [-0.39, 0.29) is 5.25 Å². The summed E-state index contributed by atoms with van der Waals surface area (Å²) in [5.41, 5.74) is 1.05. The van der Waals surface area contributed by atoms with Crippen LogP contribution in [0.1, 0.15) is 12.6 Å². The molecule has 1 aromatic heterocycles.